The molecule has 4 aromatic heterocycles. The molecule has 0 radical (unpaired) electrons. The number of hydrogen-bond acceptors (Lipinski definition) is 12. The van der Waals surface area contributed by atoms with Crippen molar-refractivity contribution in [1.29, 1.82) is 0 Å². The molecule has 0 saturated heterocycles. The summed E-state index contributed by atoms with van der Waals surface area (Å²) in [5.41, 5.74) is 3.91. The zero-order valence-corrected chi connectivity index (χ0v) is 31.9. The molecule has 58 heavy (non-hydrogen) atoms. The Kier molecular flexibility index (Phi) is 53.4. The summed E-state index contributed by atoms with van der Waals surface area (Å²) in [6.45, 7) is 0. The molecule has 2 atom stereocenters. The maximum Gasteiger partial charge on any atom is 2.00 e. The van der Waals surface area contributed by atoms with Crippen molar-refractivity contribution in [3.8, 4) is 0 Å². The fourth-order valence-corrected chi connectivity index (χ4v) is 4.50. The summed E-state index contributed by atoms with van der Waals surface area (Å²) in [5.74, 6) is -11.7. The van der Waals surface area contributed by atoms with E-state index in [1.54, 1.807) is 24.8 Å². The van der Waals surface area contributed by atoms with Gasteiger partial charge in [0.1, 0.15) is 0 Å². The van der Waals surface area contributed by atoms with Gasteiger partial charge in [0.2, 0.25) is 0 Å². The van der Waals surface area contributed by atoms with Gasteiger partial charge in [-0.15, -0.1) is 0 Å². The number of carboxylic acids is 4. The van der Waals surface area contributed by atoms with Gasteiger partial charge in [-0.05, 0) is 37.1 Å². The third-order valence-electron chi connectivity index (χ3n) is 6.55. The number of aliphatic carboxylic acids is 4. The predicted molar refractivity (Wildman–Crippen MR) is 201 cm³/mol. The number of nitrogens with zero attached hydrogens (tertiary/aromatic N) is 4. The van der Waals surface area contributed by atoms with Crippen LogP contribution in [0.3, 0.4) is 0 Å². The Balaban J connectivity index is -0.0000000566. The van der Waals surface area contributed by atoms with Gasteiger partial charge in [-0.3, -0.25) is 19.9 Å². The van der Waals surface area contributed by atoms with Crippen LogP contribution in [-0.4, -0.2) is 76.7 Å². The topological polar surface area (TPSA) is 599 Å². The molecule has 0 aliphatic rings. The van der Waals surface area contributed by atoms with Crippen molar-refractivity contribution in [3.05, 3.63) is 97.6 Å². The largest absolute Gasteiger partial charge is 2.00 e. The van der Waals surface area contributed by atoms with E-state index in [2.05, 4.69) is 68.5 Å². The SMILES string of the molecule is O.O.O.O.O.O.O=C([O-])C[C@H](C(=O)[O-])[C@@H](CC(=O)[O-])C(=O)[O-].[Ni+2].[Ni+2].[OH3+].[OH3+].[OH3+].[OH3+].[OH3+].[OH3+].c1cnc2c(c1)ccc1cccnc12.c1cnc2c(c1)ccc1cccnc12. The second-order valence-electron chi connectivity index (χ2n) is 9.43. The summed E-state index contributed by atoms with van der Waals surface area (Å²) in [6.07, 6.45) is 4.86. The zero-order valence-electron chi connectivity index (χ0n) is 30.0. The second-order valence-corrected chi connectivity index (χ2v) is 9.43. The van der Waals surface area contributed by atoms with E-state index in [0.717, 1.165) is 43.6 Å². The van der Waals surface area contributed by atoms with E-state index in [-0.39, 0.29) is 98.7 Å². The number of fused-ring (bicyclic) bond motifs is 6. The molecule has 0 amide bonds. The number of carbonyl (C=O) groups is 4. The predicted octanol–water partition coefficient (Wildman–Crippen LogP) is -10.9. The van der Waals surface area contributed by atoms with Crippen molar-refractivity contribution in [2.24, 2.45) is 11.8 Å². The van der Waals surface area contributed by atoms with Crippen molar-refractivity contribution < 1.29 is 138 Å². The fraction of sp³-hybridized carbons (Fsp3) is 0.125. The number of benzene rings is 2. The number of hydrogen-bond donors (Lipinski definition) is 0. The van der Waals surface area contributed by atoms with Crippen LogP contribution >= 0.6 is 0 Å². The first-order valence-corrected chi connectivity index (χ1v) is 13.1. The summed E-state index contributed by atoms with van der Waals surface area (Å²) >= 11 is 0. The minimum absolute atomic E-state index is 0. The standard InChI is InChI=1S/2C12H8N2.C8H10O8.2Ni.12H2O/c2*1-3-9-5-6-10-4-2-8-14-12(10)11(9)13-7-1;9-5(10)1-3(7(13)14)4(8(15)16)2-6(11)12;;;;;;;;;;;;;;/h2*1-8H;3-4H,1-2H2,(H,9,10)(H,11,12)(H,13,14)(H,15,16);;;12*1H2/q;;;2*+2;;;;;;;;;;;;/p+2/t;;3-,4+;;;;;;;;;;;;;;. The molecular weight excluding hydrogens is 878 g/mol. The van der Waals surface area contributed by atoms with Gasteiger partial charge in [-0.25, -0.2) is 0 Å². The van der Waals surface area contributed by atoms with Crippen molar-refractivity contribution in [2.75, 3.05) is 0 Å². The van der Waals surface area contributed by atoms with Crippen molar-refractivity contribution >= 4 is 67.5 Å². The first-order chi connectivity index (χ1) is 21.2. The van der Waals surface area contributed by atoms with Gasteiger partial charge in [0, 0.05) is 82.0 Å². The summed E-state index contributed by atoms with van der Waals surface area (Å²) in [4.78, 5) is 58.6. The number of pyridine rings is 4. The van der Waals surface area contributed by atoms with Crippen LogP contribution in [0.2, 0.25) is 0 Å². The number of carboxylic acid groups (broad SMARTS) is 4. The summed E-state index contributed by atoms with van der Waals surface area (Å²) in [7, 11) is 0. The normalized spacial score (nSPS) is 9.03. The number of aromatic nitrogens is 4. The third-order valence-corrected chi connectivity index (χ3v) is 6.55. The van der Waals surface area contributed by atoms with E-state index >= 15 is 0 Å². The molecule has 0 bridgehead atoms. The first kappa shape index (κ1) is 80.8. The third kappa shape index (κ3) is 21.1. The molecule has 0 fully saturated rings. The van der Waals surface area contributed by atoms with Crippen LogP contribution in [0.15, 0.2) is 97.6 Å². The molecule has 6 aromatic rings. The van der Waals surface area contributed by atoms with Crippen LogP contribution in [0, 0.1) is 11.8 Å². The van der Waals surface area contributed by atoms with Crippen LogP contribution in [0.5, 0.6) is 0 Å². The van der Waals surface area contributed by atoms with Crippen molar-refractivity contribution in [2.45, 2.75) is 12.8 Å². The summed E-state index contributed by atoms with van der Waals surface area (Å²) in [5, 5.41) is 45.8. The molecule has 0 unspecified atom stereocenters. The molecule has 0 aliphatic heterocycles. The van der Waals surface area contributed by atoms with E-state index in [1.807, 2.05) is 24.3 Å². The average Bonchev–Trinajstić information content (AvgIpc) is 3.03. The Morgan fingerprint density at radius 1 is 0.397 bits per heavy atom. The van der Waals surface area contributed by atoms with E-state index < -0.39 is 48.6 Å². The molecule has 26 heteroatoms. The van der Waals surface area contributed by atoms with Crippen LogP contribution < -0.4 is 20.4 Å². The quantitative estimate of drug-likeness (QED) is 0.0819. The molecule has 334 valence electrons. The molecule has 0 spiro atoms. The Morgan fingerprint density at radius 3 is 0.741 bits per heavy atom. The minimum atomic E-state index is -2.03. The van der Waals surface area contributed by atoms with Gasteiger partial charge in [-0.1, -0.05) is 48.5 Å². The van der Waals surface area contributed by atoms with Crippen LogP contribution in [-0.2, 0) is 85.0 Å². The van der Waals surface area contributed by atoms with Gasteiger partial charge in [0.05, 0.1) is 22.1 Å². The Bertz CT molecular complexity index is 1760. The molecule has 24 nitrogen and oxygen atoms in total. The molecule has 6 rings (SSSR count). The smallest absolute Gasteiger partial charge is 0.550 e. The molecule has 0 aliphatic carbocycles. The molecule has 4 heterocycles. The second kappa shape index (κ2) is 38.3. The van der Waals surface area contributed by atoms with Crippen molar-refractivity contribution in [1.82, 2.24) is 19.9 Å². The first-order valence-electron chi connectivity index (χ1n) is 13.1. The van der Waals surface area contributed by atoms with E-state index in [1.165, 1.54) is 0 Å². The number of carbonyl (C=O) groups excluding carboxylic acids is 4. The number of rotatable bonds is 7. The van der Waals surface area contributed by atoms with Gasteiger partial charge in [-0.2, -0.15) is 0 Å². The fourth-order valence-electron chi connectivity index (χ4n) is 4.50. The van der Waals surface area contributed by atoms with Gasteiger partial charge < -0.3 is 105 Å². The van der Waals surface area contributed by atoms with Gasteiger partial charge in [0.15, 0.2) is 0 Å². The summed E-state index contributed by atoms with van der Waals surface area (Å²) < 4.78 is 0. The molecule has 0 saturated carbocycles. The van der Waals surface area contributed by atoms with Crippen LogP contribution in [0.4, 0.5) is 0 Å². The maximum absolute atomic E-state index is 10.5. The van der Waals surface area contributed by atoms with Crippen molar-refractivity contribution in [3.63, 3.8) is 0 Å². The Hall–Kier alpha value is -5.53. The minimum Gasteiger partial charge on any atom is -0.550 e. The maximum atomic E-state index is 10.5. The van der Waals surface area contributed by atoms with E-state index in [4.69, 9.17) is 0 Å². The van der Waals surface area contributed by atoms with Crippen LogP contribution in [0.25, 0.3) is 43.6 Å². The van der Waals surface area contributed by atoms with E-state index in [0.29, 0.717) is 0 Å². The van der Waals surface area contributed by atoms with Crippen LogP contribution in [0.1, 0.15) is 12.8 Å². The summed E-state index contributed by atoms with van der Waals surface area (Å²) in [6, 6.07) is 24.3. The molecular formula is C32H52N4Ni2O20+6. The zero-order chi connectivity index (χ0) is 31.6. The molecule has 2 aromatic carbocycles. The average molecular weight is 930 g/mol. The molecule has 30 N–H and O–H groups in total. The Labute approximate surface area is 347 Å². The Morgan fingerprint density at radius 2 is 0.586 bits per heavy atom. The monoisotopic (exact) mass is 928 g/mol. The van der Waals surface area contributed by atoms with Gasteiger partial charge in [0.25, 0.3) is 0 Å². The van der Waals surface area contributed by atoms with E-state index in [9.17, 15) is 39.6 Å². The van der Waals surface area contributed by atoms with Gasteiger partial charge >= 0.3 is 33.0 Å².